The minimum Gasteiger partial charge on any atom is -0.459 e. The van der Waals surface area contributed by atoms with Gasteiger partial charge in [0.25, 0.3) is 0 Å². The van der Waals surface area contributed by atoms with Crippen molar-refractivity contribution < 1.29 is 19.7 Å². The first kappa shape index (κ1) is 11.5. The van der Waals surface area contributed by atoms with Crippen molar-refractivity contribution in [3.05, 3.63) is 0 Å². The van der Waals surface area contributed by atoms with Gasteiger partial charge in [0.05, 0.1) is 18.1 Å². The van der Waals surface area contributed by atoms with E-state index in [1.165, 1.54) is 0 Å². The predicted molar refractivity (Wildman–Crippen MR) is 50.5 cm³/mol. The number of hydrogen-bond donors (Lipinski definition) is 2. The smallest absolute Gasteiger partial charge is 0.314 e. The zero-order valence-electron chi connectivity index (χ0n) is 9.07. The highest BCUT2D eigenvalue weighted by atomic mass is 16.6. The maximum Gasteiger partial charge on any atom is 0.314 e. The normalized spacial score (nSPS) is 35.1. The van der Waals surface area contributed by atoms with Gasteiger partial charge >= 0.3 is 5.97 Å². The minimum absolute atomic E-state index is 0.258. The quantitative estimate of drug-likeness (QED) is 0.601. The minimum atomic E-state index is -0.908. The summed E-state index contributed by atoms with van der Waals surface area (Å²) in [6, 6.07) is 0. The molecule has 1 rings (SSSR count). The van der Waals surface area contributed by atoms with Gasteiger partial charge in [-0.05, 0) is 13.8 Å². The van der Waals surface area contributed by atoms with Crippen molar-refractivity contribution in [3.8, 4) is 0 Å². The molecular weight excluding hydrogens is 184 g/mol. The van der Waals surface area contributed by atoms with E-state index in [9.17, 15) is 9.90 Å². The molecule has 0 bridgehead atoms. The second-order valence-electron chi connectivity index (χ2n) is 5.02. The highest BCUT2D eigenvalue weighted by Crippen LogP contribution is 2.43. The zero-order valence-corrected chi connectivity index (χ0v) is 9.07. The number of esters is 1. The number of cyclic esters (lactones) is 1. The van der Waals surface area contributed by atoms with Crippen LogP contribution in [0.25, 0.3) is 0 Å². The molecule has 2 atom stereocenters. The largest absolute Gasteiger partial charge is 0.459 e. The van der Waals surface area contributed by atoms with Crippen molar-refractivity contribution in [1.82, 2.24) is 0 Å². The molecule has 0 aromatic carbocycles. The maximum absolute atomic E-state index is 11.5. The highest BCUT2D eigenvalue weighted by Gasteiger charge is 2.54. The van der Waals surface area contributed by atoms with Crippen molar-refractivity contribution in [2.24, 2.45) is 10.8 Å². The molecule has 0 aliphatic carbocycles. The number of carbonyl (C=O) groups excluding carboxylic acids is 1. The summed E-state index contributed by atoms with van der Waals surface area (Å²) in [5, 5.41) is 19.1. The van der Waals surface area contributed by atoms with Crippen LogP contribution in [0.15, 0.2) is 0 Å². The summed E-state index contributed by atoms with van der Waals surface area (Å²) < 4.78 is 5.09. The summed E-state index contributed by atoms with van der Waals surface area (Å²) >= 11 is 0. The van der Waals surface area contributed by atoms with Crippen LogP contribution in [0.3, 0.4) is 0 Å². The number of aliphatic hydroxyl groups excluding tert-OH is 2. The molecule has 0 aromatic heterocycles. The van der Waals surface area contributed by atoms with E-state index in [2.05, 4.69) is 0 Å². The first-order valence-electron chi connectivity index (χ1n) is 4.74. The molecule has 1 fully saturated rings. The van der Waals surface area contributed by atoms with Gasteiger partial charge in [-0.2, -0.15) is 0 Å². The van der Waals surface area contributed by atoms with Crippen LogP contribution in [-0.4, -0.2) is 35.0 Å². The van der Waals surface area contributed by atoms with Crippen molar-refractivity contribution in [2.75, 3.05) is 6.61 Å². The van der Waals surface area contributed by atoms with Crippen LogP contribution in [-0.2, 0) is 9.53 Å². The van der Waals surface area contributed by atoms with Gasteiger partial charge in [0.1, 0.15) is 6.10 Å². The van der Waals surface area contributed by atoms with E-state index in [0.717, 1.165) is 0 Å². The van der Waals surface area contributed by atoms with E-state index in [4.69, 9.17) is 9.84 Å². The highest BCUT2D eigenvalue weighted by molar-refractivity contribution is 5.78. The predicted octanol–water partition coefficient (Wildman–Crippen LogP) is 0.317. The lowest BCUT2D eigenvalue weighted by Gasteiger charge is -2.48. The third-order valence-electron chi connectivity index (χ3n) is 3.16. The summed E-state index contributed by atoms with van der Waals surface area (Å²) in [5.41, 5.74) is -1.53. The van der Waals surface area contributed by atoms with Gasteiger partial charge < -0.3 is 14.9 Å². The Morgan fingerprint density at radius 2 is 1.86 bits per heavy atom. The number of hydrogen-bond acceptors (Lipinski definition) is 4. The Balaban J connectivity index is 3.03. The second-order valence-corrected chi connectivity index (χ2v) is 5.02. The van der Waals surface area contributed by atoms with Gasteiger partial charge in [-0.25, -0.2) is 0 Å². The lowest BCUT2D eigenvalue weighted by atomic mass is 9.67. The lowest BCUT2D eigenvalue weighted by Crippen LogP contribution is -2.59. The second kappa shape index (κ2) is 3.21. The fourth-order valence-electron chi connectivity index (χ4n) is 1.92. The molecule has 0 saturated carbocycles. The molecule has 2 N–H and O–H groups in total. The Bertz CT molecular complexity index is 245. The summed E-state index contributed by atoms with van der Waals surface area (Å²) in [5.74, 6) is -0.455. The number of ether oxygens (including phenoxy) is 1. The van der Waals surface area contributed by atoms with E-state index < -0.39 is 29.0 Å². The average Bonchev–Trinajstić information content (AvgIpc) is 2.09. The molecule has 0 aromatic rings. The summed E-state index contributed by atoms with van der Waals surface area (Å²) in [7, 11) is 0. The lowest BCUT2D eigenvalue weighted by molar-refractivity contribution is -0.214. The van der Waals surface area contributed by atoms with E-state index >= 15 is 0 Å². The maximum atomic E-state index is 11.5. The molecule has 0 amide bonds. The van der Waals surface area contributed by atoms with Gasteiger partial charge in [-0.1, -0.05) is 13.8 Å². The van der Waals surface area contributed by atoms with E-state index in [1.54, 1.807) is 27.7 Å². The fourth-order valence-corrected chi connectivity index (χ4v) is 1.92. The molecule has 0 radical (unpaired) electrons. The Kier molecular flexibility index (Phi) is 2.63. The topological polar surface area (TPSA) is 66.8 Å². The fraction of sp³-hybridized carbons (Fsp3) is 0.900. The Labute approximate surface area is 83.9 Å². The molecule has 1 saturated heterocycles. The molecule has 1 aliphatic rings. The summed E-state index contributed by atoms with van der Waals surface area (Å²) in [6.07, 6.45) is -1.44. The van der Waals surface area contributed by atoms with E-state index in [-0.39, 0.29) is 6.61 Å². The van der Waals surface area contributed by atoms with Crippen LogP contribution in [0, 0.1) is 10.8 Å². The van der Waals surface area contributed by atoms with Crippen molar-refractivity contribution in [3.63, 3.8) is 0 Å². The first-order chi connectivity index (χ1) is 6.24. The van der Waals surface area contributed by atoms with Crippen LogP contribution in [0.2, 0.25) is 0 Å². The molecule has 14 heavy (non-hydrogen) atoms. The van der Waals surface area contributed by atoms with Crippen molar-refractivity contribution >= 4 is 5.97 Å². The van der Waals surface area contributed by atoms with Gasteiger partial charge in [0.2, 0.25) is 0 Å². The molecule has 4 heteroatoms. The number of rotatable bonds is 1. The van der Waals surface area contributed by atoms with Crippen LogP contribution >= 0.6 is 0 Å². The van der Waals surface area contributed by atoms with Crippen LogP contribution in [0.4, 0.5) is 0 Å². The van der Waals surface area contributed by atoms with E-state index in [0.29, 0.717) is 0 Å². The standard InChI is InChI=1S/C10H18O4/c1-9(2)6(5-11)14-8(13)10(3,4)7(9)12/h6-7,11-12H,5H2,1-4H3. The third kappa shape index (κ3) is 1.42. The van der Waals surface area contributed by atoms with Crippen molar-refractivity contribution in [1.29, 1.82) is 0 Å². The number of carbonyl (C=O) groups is 1. The Morgan fingerprint density at radius 1 is 1.36 bits per heavy atom. The molecule has 82 valence electrons. The van der Waals surface area contributed by atoms with Crippen molar-refractivity contribution in [2.45, 2.75) is 39.9 Å². The summed E-state index contributed by atoms with van der Waals surface area (Å²) in [6.45, 7) is 6.61. The van der Waals surface area contributed by atoms with Gasteiger partial charge in [0.15, 0.2) is 0 Å². The molecule has 0 spiro atoms. The molecule has 2 unspecified atom stereocenters. The first-order valence-corrected chi connectivity index (χ1v) is 4.74. The Hall–Kier alpha value is -0.610. The van der Waals surface area contributed by atoms with Crippen LogP contribution < -0.4 is 0 Å². The van der Waals surface area contributed by atoms with E-state index in [1.807, 2.05) is 0 Å². The number of aliphatic hydroxyl groups is 2. The van der Waals surface area contributed by atoms with Gasteiger partial charge in [0, 0.05) is 5.41 Å². The average molecular weight is 202 g/mol. The third-order valence-corrected chi connectivity index (χ3v) is 3.16. The monoisotopic (exact) mass is 202 g/mol. The van der Waals surface area contributed by atoms with Gasteiger partial charge in [-0.3, -0.25) is 4.79 Å². The zero-order chi connectivity index (χ0) is 11.1. The Morgan fingerprint density at radius 3 is 2.29 bits per heavy atom. The molecular formula is C10H18O4. The van der Waals surface area contributed by atoms with Crippen LogP contribution in [0.5, 0.6) is 0 Å². The molecule has 1 heterocycles. The van der Waals surface area contributed by atoms with Gasteiger partial charge in [-0.15, -0.1) is 0 Å². The SMILES string of the molecule is CC1(C)C(=O)OC(CO)C(C)(C)C1O. The molecule has 1 aliphatic heterocycles. The molecule has 4 nitrogen and oxygen atoms in total. The summed E-state index contributed by atoms with van der Waals surface area (Å²) in [4.78, 5) is 11.5. The van der Waals surface area contributed by atoms with Crippen LogP contribution in [0.1, 0.15) is 27.7 Å².